The van der Waals surface area contributed by atoms with Gasteiger partial charge in [0.05, 0.1) is 18.0 Å². The lowest BCUT2D eigenvalue weighted by Gasteiger charge is -2.15. The van der Waals surface area contributed by atoms with Crippen LogP contribution in [-0.2, 0) is 4.79 Å². The fraction of sp³-hybridized carbons (Fsp3) is 0.158. The van der Waals surface area contributed by atoms with E-state index in [0.29, 0.717) is 5.69 Å². The average Bonchev–Trinajstić information content (AvgIpc) is 3.20. The van der Waals surface area contributed by atoms with Crippen LogP contribution in [0.2, 0.25) is 0 Å². The van der Waals surface area contributed by atoms with Crippen molar-refractivity contribution in [3.8, 4) is 5.69 Å². The van der Waals surface area contributed by atoms with Gasteiger partial charge in [-0.25, -0.2) is 9.36 Å². The highest BCUT2D eigenvalue weighted by molar-refractivity contribution is 8.39. The number of aromatic amines is 1. The van der Waals surface area contributed by atoms with Crippen molar-refractivity contribution in [2.24, 2.45) is 4.99 Å². The number of hydrogen-bond donors (Lipinski definition) is 2. The molecule has 7 nitrogen and oxygen atoms in total. The third-order valence-electron chi connectivity index (χ3n) is 4.10. The van der Waals surface area contributed by atoms with E-state index in [2.05, 4.69) is 15.3 Å². The fourth-order valence-electron chi connectivity index (χ4n) is 2.94. The minimum atomic E-state index is -0.609. The van der Waals surface area contributed by atoms with Crippen LogP contribution in [0, 0.1) is 0 Å². The molecule has 4 rings (SSSR count). The number of nitrogens with one attached hydrogen (secondary N) is 2. The molecule has 3 aromatic rings. The van der Waals surface area contributed by atoms with Gasteiger partial charge in [-0.3, -0.25) is 19.6 Å². The number of benzene rings is 2. The number of nitrogens with zero attached hydrogens (tertiary/aromatic N) is 2. The van der Waals surface area contributed by atoms with Crippen molar-refractivity contribution in [1.29, 1.82) is 0 Å². The number of carbonyl (C=O) groups is 1. The first-order chi connectivity index (χ1) is 13.6. The maximum Gasteiger partial charge on any atom is 0.334 e. The van der Waals surface area contributed by atoms with E-state index in [9.17, 15) is 14.4 Å². The lowest BCUT2D eigenvalue weighted by molar-refractivity contribution is -0.113. The molecule has 0 bridgehead atoms. The number of amides is 1. The van der Waals surface area contributed by atoms with Gasteiger partial charge < -0.3 is 5.32 Å². The second-order valence-corrected chi connectivity index (χ2v) is 8.30. The lowest BCUT2D eigenvalue weighted by atomic mass is 10.1. The Hall–Kier alpha value is -2.78. The van der Waals surface area contributed by atoms with E-state index in [-0.39, 0.29) is 17.5 Å². The molecular formula is C19H16N4O3S2. The molecule has 0 saturated heterocycles. The SMILES string of the molecule is O=C(CSC1=NCCS1)Nc1cc(=O)[nH]c(=O)n1-c1cccc2ccccc12. The minimum Gasteiger partial charge on any atom is -0.311 e. The fourth-order valence-corrected chi connectivity index (χ4v) is 4.75. The standard InChI is InChI=1S/C19H16N4O3S2/c24-16-10-15(21-17(25)11-28-19-20-8-9-27-19)23(18(26)22-16)14-7-3-5-12-4-1-2-6-13(12)14/h1-7,10H,8-9,11H2,(H,21,25)(H,22,24,26). The van der Waals surface area contributed by atoms with E-state index in [1.54, 1.807) is 17.8 Å². The molecule has 142 valence electrons. The number of H-pyrrole nitrogens is 1. The molecule has 0 atom stereocenters. The first kappa shape index (κ1) is 18.6. The first-order valence-corrected chi connectivity index (χ1v) is 10.5. The van der Waals surface area contributed by atoms with Crippen molar-refractivity contribution in [3.63, 3.8) is 0 Å². The molecule has 28 heavy (non-hydrogen) atoms. The van der Waals surface area contributed by atoms with Gasteiger partial charge in [0.1, 0.15) is 10.2 Å². The number of fused-ring (bicyclic) bond motifs is 1. The zero-order valence-corrected chi connectivity index (χ0v) is 16.3. The van der Waals surface area contributed by atoms with Crippen LogP contribution in [-0.4, -0.2) is 37.9 Å². The topological polar surface area (TPSA) is 96.3 Å². The Labute approximate surface area is 168 Å². The summed E-state index contributed by atoms with van der Waals surface area (Å²) in [4.78, 5) is 43.4. The summed E-state index contributed by atoms with van der Waals surface area (Å²) in [6.45, 7) is 0.767. The van der Waals surface area contributed by atoms with E-state index in [0.717, 1.165) is 27.4 Å². The normalized spacial score (nSPS) is 13.5. The molecule has 0 radical (unpaired) electrons. The zero-order chi connectivity index (χ0) is 19.5. The van der Waals surface area contributed by atoms with Gasteiger partial charge in [0.2, 0.25) is 5.91 Å². The molecular weight excluding hydrogens is 396 g/mol. The number of aromatic nitrogens is 2. The molecule has 1 aliphatic rings. The predicted molar refractivity (Wildman–Crippen MR) is 116 cm³/mol. The summed E-state index contributed by atoms with van der Waals surface area (Å²) >= 11 is 2.97. The summed E-state index contributed by atoms with van der Waals surface area (Å²) in [6, 6.07) is 14.4. The molecule has 0 unspecified atom stereocenters. The number of hydrogen-bond acceptors (Lipinski definition) is 6. The van der Waals surface area contributed by atoms with Gasteiger partial charge in [-0.2, -0.15) is 0 Å². The number of thioether (sulfide) groups is 2. The van der Waals surface area contributed by atoms with E-state index in [4.69, 9.17) is 0 Å². The number of aliphatic imine (C=N–C) groups is 1. The second kappa shape index (κ2) is 8.07. The van der Waals surface area contributed by atoms with Crippen LogP contribution in [0.1, 0.15) is 0 Å². The minimum absolute atomic E-state index is 0.136. The molecule has 1 amide bonds. The van der Waals surface area contributed by atoms with Crippen molar-refractivity contribution < 1.29 is 4.79 Å². The van der Waals surface area contributed by atoms with Crippen molar-refractivity contribution in [2.45, 2.75) is 0 Å². The maximum atomic E-state index is 12.6. The van der Waals surface area contributed by atoms with Crippen LogP contribution in [0.5, 0.6) is 0 Å². The first-order valence-electron chi connectivity index (χ1n) is 8.56. The van der Waals surface area contributed by atoms with Crippen LogP contribution in [0.3, 0.4) is 0 Å². The van der Waals surface area contributed by atoms with E-state index in [1.807, 2.05) is 36.4 Å². The van der Waals surface area contributed by atoms with Crippen LogP contribution in [0.25, 0.3) is 16.5 Å². The van der Waals surface area contributed by atoms with Gasteiger partial charge >= 0.3 is 5.69 Å². The quantitative estimate of drug-likeness (QED) is 0.686. The van der Waals surface area contributed by atoms with E-state index >= 15 is 0 Å². The van der Waals surface area contributed by atoms with Crippen LogP contribution in [0.4, 0.5) is 5.82 Å². The Morgan fingerprint density at radius 1 is 1.21 bits per heavy atom. The summed E-state index contributed by atoms with van der Waals surface area (Å²) in [5.41, 5.74) is -0.597. The van der Waals surface area contributed by atoms with Crippen molar-refractivity contribution in [2.75, 3.05) is 23.4 Å². The zero-order valence-electron chi connectivity index (χ0n) is 14.7. The highest BCUT2D eigenvalue weighted by Gasteiger charge is 2.15. The third kappa shape index (κ3) is 3.90. The smallest absolute Gasteiger partial charge is 0.311 e. The number of carbonyl (C=O) groups excluding carboxylic acids is 1. The van der Waals surface area contributed by atoms with E-state index in [1.165, 1.54) is 22.4 Å². The van der Waals surface area contributed by atoms with Crippen molar-refractivity contribution >= 4 is 50.4 Å². The van der Waals surface area contributed by atoms with Gasteiger partial charge in [-0.15, -0.1) is 0 Å². The summed E-state index contributed by atoms with van der Waals surface area (Å²) in [5.74, 6) is 0.914. The number of anilines is 1. The molecule has 0 saturated carbocycles. The van der Waals surface area contributed by atoms with Crippen molar-refractivity contribution in [3.05, 3.63) is 69.4 Å². The van der Waals surface area contributed by atoms with Gasteiger partial charge in [0.15, 0.2) is 0 Å². The Morgan fingerprint density at radius 2 is 2.04 bits per heavy atom. The molecule has 0 spiro atoms. The lowest BCUT2D eigenvalue weighted by Crippen LogP contribution is -2.32. The van der Waals surface area contributed by atoms with Crippen LogP contribution in [0.15, 0.2) is 63.1 Å². The van der Waals surface area contributed by atoms with Crippen LogP contribution < -0.4 is 16.6 Å². The Kier molecular flexibility index (Phi) is 5.36. The Bertz CT molecular complexity index is 1190. The maximum absolute atomic E-state index is 12.6. The third-order valence-corrected chi connectivity index (χ3v) is 6.35. The summed E-state index contributed by atoms with van der Waals surface area (Å²) < 4.78 is 2.20. The molecule has 2 N–H and O–H groups in total. The van der Waals surface area contributed by atoms with Gasteiger partial charge in [-0.1, -0.05) is 59.9 Å². The molecule has 2 aromatic carbocycles. The Morgan fingerprint density at radius 3 is 2.86 bits per heavy atom. The molecule has 1 aromatic heterocycles. The molecule has 0 aliphatic carbocycles. The molecule has 2 heterocycles. The monoisotopic (exact) mass is 412 g/mol. The molecule has 9 heteroatoms. The van der Waals surface area contributed by atoms with Gasteiger partial charge in [0, 0.05) is 17.2 Å². The van der Waals surface area contributed by atoms with Crippen molar-refractivity contribution in [1.82, 2.24) is 9.55 Å². The average molecular weight is 412 g/mol. The summed E-state index contributed by atoms with van der Waals surface area (Å²) in [7, 11) is 0. The highest BCUT2D eigenvalue weighted by Crippen LogP contribution is 2.24. The number of rotatable bonds is 4. The second-order valence-electron chi connectivity index (χ2n) is 5.99. The highest BCUT2D eigenvalue weighted by atomic mass is 32.2. The predicted octanol–water partition coefficient (Wildman–Crippen LogP) is 2.45. The molecule has 0 fully saturated rings. The van der Waals surface area contributed by atoms with Gasteiger partial charge in [0.25, 0.3) is 5.56 Å². The summed E-state index contributed by atoms with van der Waals surface area (Å²) in [5, 5.41) is 4.48. The van der Waals surface area contributed by atoms with Gasteiger partial charge in [-0.05, 0) is 11.5 Å². The largest absolute Gasteiger partial charge is 0.334 e. The Balaban J connectivity index is 1.71. The van der Waals surface area contributed by atoms with Crippen LogP contribution >= 0.6 is 23.5 Å². The van der Waals surface area contributed by atoms with E-state index < -0.39 is 11.2 Å². The summed E-state index contributed by atoms with van der Waals surface area (Å²) in [6.07, 6.45) is 0. The molecule has 1 aliphatic heterocycles.